The van der Waals surface area contributed by atoms with Gasteiger partial charge in [-0.15, -0.1) is 0 Å². The smallest absolute Gasteiger partial charge is 0.249 e. The number of aromatic amines is 1. The van der Waals surface area contributed by atoms with E-state index in [2.05, 4.69) is 15.3 Å². The summed E-state index contributed by atoms with van der Waals surface area (Å²) >= 11 is 0. The molecule has 1 amide bonds. The van der Waals surface area contributed by atoms with E-state index in [0.29, 0.717) is 6.61 Å². The first-order valence-corrected chi connectivity index (χ1v) is 5.18. The Hall–Kier alpha value is -1.36. The highest BCUT2D eigenvalue weighted by Crippen LogP contribution is 2.13. The van der Waals surface area contributed by atoms with Crippen LogP contribution in [-0.4, -0.2) is 28.6 Å². The first-order valence-electron chi connectivity index (χ1n) is 5.18. The van der Waals surface area contributed by atoms with Crippen molar-refractivity contribution in [2.24, 2.45) is 0 Å². The van der Waals surface area contributed by atoms with Crippen molar-refractivity contribution >= 4 is 5.91 Å². The Morgan fingerprint density at radius 2 is 2.67 bits per heavy atom. The fourth-order valence-corrected chi connectivity index (χ4v) is 1.67. The molecule has 0 radical (unpaired) electrons. The van der Waals surface area contributed by atoms with Gasteiger partial charge in [-0.1, -0.05) is 0 Å². The lowest BCUT2D eigenvalue weighted by Crippen LogP contribution is -2.36. The number of H-pyrrole nitrogens is 1. The maximum atomic E-state index is 11.7. The summed E-state index contributed by atoms with van der Waals surface area (Å²) in [6.07, 6.45) is 4.92. The van der Waals surface area contributed by atoms with E-state index >= 15 is 0 Å². The Morgan fingerprint density at radius 3 is 3.27 bits per heavy atom. The van der Waals surface area contributed by atoms with Crippen molar-refractivity contribution in [1.82, 2.24) is 15.3 Å². The van der Waals surface area contributed by atoms with Crippen LogP contribution in [0.15, 0.2) is 12.4 Å². The van der Waals surface area contributed by atoms with E-state index in [0.717, 1.165) is 18.7 Å². The van der Waals surface area contributed by atoms with Gasteiger partial charge in [0.1, 0.15) is 11.9 Å². The van der Waals surface area contributed by atoms with E-state index in [1.807, 2.05) is 6.92 Å². The molecule has 15 heavy (non-hydrogen) atoms. The molecule has 1 saturated heterocycles. The summed E-state index contributed by atoms with van der Waals surface area (Å²) < 4.78 is 5.29. The molecule has 0 saturated carbocycles. The zero-order chi connectivity index (χ0) is 10.7. The molecular formula is C10H15N3O2. The number of hydrogen-bond acceptors (Lipinski definition) is 3. The number of amides is 1. The average Bonchev–Trinajstić information content (AvgIpc) is 2.91. The summed E-state index contributed by atoms with van der Waals surface area (Å²) in [6, 6.07) is -0.100. The van der Waals surface area contributed by atoms with Gasteiger partial charge in [0.2, 0.25) is 5.91 Å². The number of ether oxygens (including phenoxy) is 1. The van der Waals surface area contributed by atoms with Gasteiger partial charge in [0.25, 0.3) is 0 Å². The van der Waals surface area contributed by atoms with Crippen molar-refractivity contribution in [1.29, 1.82) is 0 Å². The summed E-state index contributed by atoms with van der Waals surface area (Å²) in [6.45, 7) is 2.58. The number of rotatable bonds is 3. The van der Waals surface area contributed by atoms with Crippen LogP contribution in [-0.2, 0) is 9.53 Å². The van der Waals surface area contributed by atoms with Crippen molar-refractivity contribution in [3.8, 4) is 0 Å². The first kappa shape index (κ1) is 10.2. The van der Waals surface area contributed by atoms with Crippen molar-refractivity contribution in [2.45, 2.75) is 31.9 Å². The topological polar surface area (TPSA) is 67.0 Å². The van der Waals surface area contributed by atoms with Gasteiger partial charge in [0, 0.05) is 19.0 Å². The molecule has 2 heterocycles. The number of imidazole rings is 1. The van der Waals surface area contributed by atoms with E-state index < -0.39 is 0 Å². The third-order valence-corrected chi connectivity index (χ3v) is 2.51. The number of carbonyl (C=O) groups excluding carboxylic acids is 1. The SMILES string of the molecule is CC(NC(=O)[C@H]1CCCO1)c1ncc[nH]1. The molecule has 1 fully saturated rings. The van der Waals surface area contributed by atoms with E-state index in [4.69, 9.17) is 4.74 Å². The Kier molecular flexibility index (Phi) is 3.01. The molecule has 1 aliphatic rings. The lowest BCUT2D eigenvalue weighted by molar-refractivity contribution is -0.130. The number of nitrogens with zero attached hydrogens (tertiary/aromatic N) is 1. The van der Waals surface area contributed by atoms with Gasteiger partial charge in [-0.05, 0) is 19.8 Å². The lowest BCUT2D eigenvalue weighted by Gasteiger charge is -2.14. The minimum absolute atomic E-state index is 0.0450. The van der Waals surface area contributed by atoms with Gasteiger partial charge in [0.15, 0.2) is 0 Å². The number of hydrogen-bond donors (Lipinski definition) is 2. The van der Waals surface area contributed by atoms with Gasteiger partial charge >= 0.3 is 0 Å². The maximum absolute atomic E-state index is 11.7. The summed E-state index contributed by atoms with van der Waals surface area (Å²) in [7, 11) is 0. The second-order valence-corrected chi connectivity index (χ2v) is 3.71. The molecule has 82 valence electrons. The molecular weight excluding hydrogens is 194 g/mol. The lowest BCUT2D eigenvalue weighted by atomic mass is 10.2. The Balaban J connectivity index is 1.88. The third kappa shape index (κ3) is 2.36. The van der Waals surface area contributed by atoms with Gasteiger partial charge < -0.3 is 15.0 Å². The zero-order valence-electron chi connectivity index (χ0n) is 8.69. The van der Waals surface area contributed by atoms with Gasteiger partial charge in [-0.2, -0.15) is 0 Å². The van der Waals surface area contributed by atoms with E-state index in [9.17, 15) is 4.79 Å². The second-order valence-electron chi connectivity index (χ2n) is 3.71. The maximum Gasteiger partial charge on any atom is 0.249 e. The molecule has 0 aromatic carbocycles. The highest BCUT2D eigenvalue weighted by molar-refractivity contribution is 5.81. The number of carbonyl (C=O) groups is 1. The molecule has 1 aromatic rings. The van der Waals surface area contributed by atoms with Crippen LogP contribution in [0.5, 0.6) is 0 Å². The van der Waals surface area contributed by atoms with E-state index in [1.54, 1.807) is 12.4 Å². The van der Waals surface area contributed by atoms with Crippen molar-refractivity contribution < 1.29 is 9.53 Å². The normalized spacial score (nSPS) is 22.6. The molecule has 2 N–H and O–H groups in total. The third-order valence-electron chi connectivity index (χ3n) is 2.51. The van der Waals surface area contributed by atoms with E-state index in [-0.39, 0.29) is 18.1 Å². The van der Waals surface area contributed by atoms with Crippen LogP contribution in [0.4, 0.5) is 0 Å². The summed E-state index contributed by atoms with van der Waals surface area (Å²) in [4.78, 5) is 18.7. The highest BCUT2D eigenvalue weighted by Gasteiger charge is 2.25. The zero-order valence-corrected chi connectivity index (χ0v) is 8.69. The predicted octanol–water partition coefficient (Wildman–Crippen LogP) is 0.766. The molecule has 2 rings (SSSR count). The van der Waals surface area contributed by atoms with Crippen LogP contribution in [0.1, 0.15) is 31.6 Å². The largest absolute Gasteiger partial charge is 0.368 e. The van der Waals surface area contributed by atoms with Crippen molar-refractivity contribution in [3.63, 3.8) is 0 Å². The minimum Gasteiger partial charge on any atom is -0.368 e. The number of nitrogens with one attached hydrogen (secondary N) is 2. The monoisotopic (exact) mass is 209 g/mol. The molecule has 1 unspecified atom stereocenters. The van der Waals surface area contributed by atoms with Gasteiger partial charge in [0.05, 0.1) is 6.04 Å². The van der Waals surface area contributed by atoms with Crippen LogP contribution >= 0.6 is 0 Å². The Morgan fingerprint density at radius 1 is 1.80 bits per heavy atom. The summed E-state index contributed by atoms with van der Waals surface area (Å²) in [5.74, 6) is 0.720. The van der Waals surface area contributed by atoms with Gasteiger partial charge in [-0.25, -0.2) is 4.98 Å². The Labute approximate surface area is 88.2 Å². The molecule has 5 heteroatoms. The summed E-state index contributed by atoms with van der Waals surface area (Å²) in [5, 5.41) is 2.87. The second kappa shape index (κ2) is 4.44. The first-order chi connectivity index (χ1) is 7.27. The molecule has 2 atom stereocenters. The van der Waals surface area contributed by atoms with Gasteiger partial charge in [-0.3, -0.25) is 4.79 Å². The van der Waals surface area contributed by atoms with Crippen LogP contribution in [0.3, 0.4) is 0 Å². The molecule has 5 nitrogen and oxygen atoms in total. The van der Waals surface area contributed by atoms with Crippen molar-refractivity contribution in [3.05, 3.63) is 18.2 Å². The Bertz CT molecular complexity index is 317. The molecule has 1 aliphatic heterocycles. The van der Waals surface area contributed by atoms with Crippen LogP contribution in [0, 0.1) is 0 Å². The molecule has 0 bridgehead atoms. The minimum atomic E-state index is -0.276. The molecule has 0 spiro atoms. The number of aromatic nitrogens is 2. The predicted molar refractivity (Wildman–Crippen MR) is 54.1 cm³/mol. The van der Waals surface area contributed by atoms with Crippen LogP contribution in [0.2, 0.25) is 0 Å². The fraction of sp³-hybridized carbons (Fsp3) is 0.600. The summed E-state index contributed by atoms with van der Waals surface area (Å²) in [5.41, 5.74) is 0. The van der Waals surface area contributed by atoms with Crippen LogP contribution < -0.4 is 5.32 Å². The fourth-order valence-electron chi connectivity index (χ4n) is 1.67. The van der Waals surface area contributed by atoms with Crippen LogP contribution in [0.25, 0.3) is 0 Å². The molecule has 1 aromatic heterocycles. The quantitative estimate of drug-likeness (QED) is 0.772. The average molecular weight is 209 g/mol. The molecule has 0 aliphatic carbocycles. The standard InChI is InChI=1S/C10H15N3O2/c1-7(9-11-4-5-12-9)13-10(14)8-3-2-6-15-8/h4-5,7-8H,2-3,6H2,1H3,(H,11,12)(H,13,14)/t7?,8-/m1/s1. The van der Waals surface area contributed by atoms with E-state index in [1.165, 1.54) is 0 Å². The highest BCUT2D eigenvalue weighted by atomic mass is 16.5. The van der Waals surface area contributed by atoms with Crippen molar-refractivity contribution in [2.75, 3.05) is 6.61 Å².